The molecule has 0 unspecified atom stereocenters. The summed E-state index contributed by atoms with van der Waals surface area (Å²) >= 11 is 0. The Morgan fingerprint density at radius 1 is 0.418 bits per heavy atom. The van der Waals surface area contributed by atoms with Crippen LogP contribution in [0.1, 0.15) is 11.3 Å². The summed E-state index contributed by atoms with van der Waals surface area (Å²) in [5.41, 5.74) is 19.5. The quantitative estimate of drug-likeness (QED) is 0.118. The first-order valence-electron chi connectivity index (χ1n) is 23.0. The maximum absolute atomic E-state index is 3.97. The number of aryl methyl sites for hydroxylation is 1. The van der Waals surface area contributed by atoms with Crippen LogP contribution in [0.4, 0.5) is 17.1 Å². The summed E-state index contributed by atoms with van der Waals surface area (Å²) in [6.07, 6.45) is 6.03. The minimum atomic E-state index is 1.06. The van der Waals surface area contributed by atoms with Crippen LogP contribution in [0, 0.1) is 6.92 Å². The Labute approximate surface area is 393 Å². The van der Waals surface area contributed by atoms with Gasteiger partial charge in [-0.1, -0.05) is 207 Å². The number of anilines is 3. The summed E-state index contributed by atoms with van der Waals surface area (Å²) in [6.45, 7) is 6.20. The van der Waals surface area contributed by atoms with Crippen molar-refractivity contribution in [1.29, 1.82) is 0 Å². The molecule has 0 spiro atoms. The number of benzene rings is 10. The van der Waals surface area contributed by atoms with Gasteiger partial charge >= 0.3 is 0 Å². The summed E-state index contributed by atoms with van der Waals surface area (Å²) in [7, 11) is 0. The van der Waals surface area contributed by atoms with Crippen LogP contribution in [0.15, 0.2) is 261 Å². The monoisotopic (exact) mass is 856 g/mol. The third kappa shape index (κ3) is 7.75. The molecule has 2 nitrogen and oxygen atoms in total. The topological polar surface area (TPSA) is 8.17 Å². The fourth-order valence-electron chi connectivity index (χ4n) is 9.84. The van der Waals surface area contributed by atoms with Crippen molar-refractivity contribution in [1.82, 2.24) is 4.57 Å². The third-order valence-corrected chi connectivity index (χ3v) is 13.0. The second-order valence-corrected chi connectivity index (χ2v) is 16.9. The lowest BCUT2D eigenvalue weighted by molar-refractivity contribution is 1.10. The summed E-state index contributed by atoms with van der Waals surface area (Å²) < 4.78 is 2.35. The Bertz CT molecular complexity index is 3590. The smallest absolute Gasteiger partial charge is 0.0546 e. The molecule has 0 saturated carbocycles. The van der Waals surface area contributed by atoms with E-state index in [0.29, 0.717) is 0 Å². The molecule has 11 rings (SSSR count). The summed E-state index contributed by atoms with van der Waals surface area (Å²) in [5.74, 6) is 0. The minimum absolute atomic E-state index is 1.06. The van der Waals surface area contributed by atoms with Gasteiger partial charge in [0.25, 0.3) is 0 Å². The van der Waals surface area contributed by atoms with Crippen LogP contribution in [0.2, 0.25) is 0 Å². The van der Waals surface area contributed by atoms with Crippen LogP contribution in [-0.2, 0) is 0 Å². The molecule has 0 aliphatic rings. The predicted molar refractivity (Wildman–Crippen MR) is 287 cm³/mol. The maximum Gasteiger partial charge on any atom is 0.0546 e. The predicted octanol–water partition coefficient (Wildman–Crippen LogP) is 18.1. The van der Waals surface area contributed by atoms with Gasteiger partial charge in [-0.05, 0) is 134 Å². The van der Waals surface area contributed by atoms with Crippen LogP contribution in [0.25, 0.3) is 89.1 Å². The zero-order chi connectivity index (χ0) is 45.1. The summed E-state index contributed by atoms with van der Waals surface area (Å²) in [6, 6.07) is 88.1. The molecular formula is C65H48N2. The number of fused-ring (bicyclic) bond motifs is 2. The van der Waals surface area contributed by atoms with Gasteiger partial charge in [-0.25, -0.2) is 0 Å². The first-order chi connectivity index (χ1) is 33.1. The molecule has 0 bridgehead atoms. The number of allylic oxidation sites excluding steroid dienone is 2. The molecule has 0 saturated heterocycles. The van der Waals surface area contributed by atoms with Crippen molar-refractivity contribution in [3.05, 3.63) is 273 Å². The molecule has 1 heterocycles. The van der Waals surface area contributed by atoms with Gasteiger partial charge < -0.3 is 9.47 Å². The standard InChI is InChI=1S/C65H48N2/c1-3-4-39-62-46(2)61-45-51(41-42-63(61)67(62)53-30-12-7-13-31-53)50-28-18-32-54(43-50)66(55-33-19-29-52(44-55)58-37-20-27-48-26-14-15-34-56(48)58)64-40-21-38-59(49-24-10-6-11-25-49)65(64)60-36-17-16-35-57(60)47-22-8-5-9-23-47/h3-45H,1H2,2H3/b39-4-. The van der Waals surface area contributed by atoms with E-state index in [0.717, 1.165) is 61.8 Å². The molecule has 0 atom stereocenters. The first kappa shape index (κ1) is 41.0. The van der Waals surface area contributed by atoms with Gasteiger partial charge in [0.1, 0.15) is 0 Å². The maximum atomic E-state index is 3.97. The zero-order valence-corrected chi connectivity index (χ0v) is 37.4. The van der Waals surface area contributed by atoms with Crippen LogP contribution in [0.3, 0.4) is 0 Å². The Hall–Kier alpha value is -8.72. The fraction of sp³-hybridized carbons (Fsp3) is 0.0154. The molecule has 0 N–H and O–H groups in total. The van der Waals surface area contributed by atoms with Crippen molar-refractivity contribution >= 4 is 44.8 Å². The van der Waals surface area contributed by atoms with E-state index in [2.05, 4.69) is 272 Å². The average molecular weight is 857 g/mol. The van der Waals surface area contributed by atoms with Crippen molar-refractivity contribution in [3.8, 4) is 61.3 Å². The van der Waals surface area contributed by atoms with Crippen LogP contribution in [0.5, 0.6) is 0 Å². The average Bonchev–Trinajstić information content (AvgIpc) is 3.68. The molecule has 0 aliphatic carbocycles. The Balaban J connectivity index is 1.15. The lowest BCUT2D eigenvalue weighted by atomic mass is 9.87. The van der Waals surface area contributed by atoms with Gasteiger partial charge in [-0.3, -0.25) is 0 Å². The van der Waals surface area contributed by atoms with Crippen LogP contribution >= 0.6 is 0 Å². The van der Waals surface area contributed by atoms with Crippen molar-refractivity contribution < 1.29 is 0 Å². The van der Waals surface area contributed by atoms with Crippen molar-refractivity contribution in [3.63, 3.8) is 0 Å². The van der Waals surface area contributed by atoms with E-state index in [-0.39, 0.29) is 0 Å². The molecule has 0 aliphatic heterocycles. The molecule has 0 fully saturated rings. The van der Waals surface area contributed by atoms with Crippen molar-refractivity contribution in [2.75, 3.05) is 4.90 Å². The molecule has 2 heteroatoms. The molecule has 10 aromatic carbocycles. The van der Waals surface area contributed by atoms with E-state index in [1.165, 1.54) is 49.5 Å². The van der Waals surface area contributed by atoms with Gasteiger partial charge in [0.2, 0.25) is 0 Å². The normalized spacial score (nSPS) is 11.4. The highest BCUT2D eigenvalue weighted by molar-refractivity contribution is 6.03. The number of hydrogen-bond donors (Lipinski definition) is 0. The Kier molecular flexibility index (Phi) is 11.0. The van der Waals surface area contributed by atoms with E-state index in [9.17, 15) is 0 Å². The molecule has 1 aromatic heterocycles. The molecule has 0 radical (unpaired) electrons. The second-order valence-electron chi connectivity index (χ2n) is 16.9. The van der Waals surface area contributed by atoms with E-state index < -0.39 is 0 Å². The van der Waals surface area contributed by atoms with Crippen LogP contribution < -0.4 is 4.90 Å². The van der Waals surface area contributed by atoms with Crippen molar-refractivity contribution in [2.45, 2.75) is 6.92 Å². The Morgan fingerprint density at radius 2 is 0.955 bits per heavy atom. The highest BCUT2D eigenvalue weighted by Gasteiger charge is 2.24. The highest BCUT2D eigenvalue weighted by Crippen LogP contribution is 2.49. The second kappa shape index (κ2) is 18.0. The van der Waals surface area contributed by atoms with E-state index >= 15 is 0 Å². The lowest BCUT2D eigenvalue weighted by Gasteiger charge is -2.30. The number of para-hydroxylation sites is 1. The largest absolute Gasteiger partial charge is 0.310 e. The molecule has 318 valence electrons. The number of nitrogens with zero attached hydrogens (tertiary/aromatic N) is 2. The van der Waals surface area contributed by atoms with Gasteiger partial charge in [-0.2, -0.15) is 0 Å². The fourth-order valence-corrected chi connectivity index (χ4v) is 9.84. The molecule has 11 aromatic rings. The molecule has 67 heavy (non-hydrogen) atoms. The van der Waals surface area contributed by atoms with Gasteiger partial charge in [-0.15, -0.1) is 0 Å². The van der Waals surface area contributed by atoms with E-state index in [1.807, 2.05) is 12.2 Å². The van der Waals surface area contributed by atoms with Gasteiger partial charge in [0.15, 0.2) is 0 Å². The van der Waals surface area contributed by atoms with Crippen LogP contribution in [-0.4, -0.2) is 4.57 Å². The summed E-state index contributed by atoms with van der Waals surface area (Å²) in [4.78, 5) is 2.47. The van der Waals surface area contributed by atoms with Crippen molar-refractivity contribution in [2.24, 2.45) is 0 Å². The minimum Gasteiger partial charge on any atom is -0.310 e. The third-order valence-electron chi connectivity index (χ3n) is 13.0. The van der Waals surface area contributed by atoms with Gasteiger partial charge in [0.05, 0.1) is 11.2 Å². The zero-order valence-electron chi connectivity index (χ0n) is 37.4. The number of aromatic nitrogens is 1. The Morgan fingerprint density at radius 3 is 1.70 bits per heavy atom. The first-order valence-corrected chi connectivity index (χ1v) is 23.0. The highest BCUT2D eigenvalue weighted by atomic mass is 15.1. The van der Waals surface area contributed by atoms with Gasteiger partial charge in [0, 0.05) is 33.7 Å². The summed E-state index contributed by atoms with van der Waals surface area (Å²) in [5, 5.41) is 3.67. The molecule has 0 amide bonds. The SMILES string of the molecule is C=C/C=C\c1c(C)c2cc(-c3cccc(N(c4cccc(-c5cccc6ccccc56)c4)c4cccc(-c5ccccc5)c4-c4ccccc4-c4ccccc4)c3)ccc2n1-c1ccccc1. The molecular weight excluding hydrogens is 809 g/mol. The number of hydrogen-bond acceptors (Lipinski definition) is 1. The lowest BCUT2D eigenvalue weighted by Crippen LogP contribution is -2.12. The number of rotatable bonds is 11. The van der Waals surface area contributed by atoms with E-state index in [1.54, 1.807) is 0 Å². The van der Waals surface area contributed by atoms with E-state index in [4.69, 9.17) is 0 Å².